The number of nitrogens with one attached hydrogen (secondary N) is 1. The van der Waals surface area contributed by atoms with Gasteiger partial charge in [0.2, 0.25) is 5.91 Å². The third-order valence-corrected chi connectivity index (χ3v) is 3.29. The lowest BCUT2D eigenvalue weighted by Gasteiger charge is -2.18. The predicted molar refractivity (Wildman–Crippen MR) is 80.6 cm³/mol. The summed E-state index contributed by atoms with van der Waals surface area (Å²) in [6, 6.07) is 9.65. The van der Waals surface area contributed by atoms with E-state index in [1.54, 1.807) is 36.7 Å². The molecule has 0 aliphatic carbocycles. The number of aromatic hydroxyl groups is 1. The minimum absolute atomic E-state index is 0.119. The zero-order valence-electron chi connectivity index (χ0n) is 11.9. The van der Waals surface area contributed by atoms with Crippen LogP contribution < -0.4 is 11.1 Å². The lowest BCUT2D eigenvalue weighted by molar-refractivity contribution is -0.123. The maximum absolute atomic E-state index is 12.1. The Morgan fingerprint density at radius 3 is 2.48 bits per heavy atom. The Balaban J connectivity index is 1.92. The van der Waals surface area contributed by atoms with Gasteiger partial charge >= 0.3 is 0 Å². The molecule has 4 N–H and O–H groups in total. The molecular weight excluding hydrogens is 266 g/mol. The number of aromatic nitrogens is 1. The van der Waals surface area contributed by atoms with Crippen LogP contribution in [0.15, 0.2) is 48.8 Å². The van der Waals surface area contributed by atoms with E-state index in [0.29, 0.717) is 6.42 Å². The van der Waals surface area contributed by atoms with Gasteiger partial charge in [0.1, 0.15) is 5.75 Å². The minimum atomic E-state index is -0.626. The molecule has 5 nitrogen and oxygen atoms in total. The summed E-state index contributed by atoms with van der Waals surface area (Å²) in [6.07, 6.45) is 3.80. The fraction of sp³-hybridized carbons (Fsp3) is 0.250. The number of rotatable bonds is 5. The van der Waals surface area contributed by atoms with Crippen molar-refractivity contribution in [3.8, 4) is 5.75 Å². The number of amides is 1. The fourth-order valence-electron chi connectivity index (χ4n) is 2.03. The SMILES string of the molecule is CC(NC(=O)C(N)Cc1ccc(O)cc1)c1ccncc1. The van der Waals surface area contributed by atoms with Crippen LogP contribution in [0.2, 0.25) is 0 Å². The number of phenols is 1. The van der Waals surface area contributed by atoms with Gasteiger partial charge in [-0.1, -0.05) is 12.1 Å². The molecule has 0 saturated carbocycles. The van der Waals surface area contributed by atoms with Gasteiger partial charge in [0, 0.05) is 12.4 Å². The van der Waals surface area contributed by atoms with Gasteiger partial charge in [-0.15, -0.1) is 0 Å². The van der Waals surface area contributed by atoms with E-state index in [-0.39, 0.29) is 17.7 Å². The largest absolute Gasteiger partial charge is 0.508 e. The quantitative estimate of drug-likeness (QED) is 0.777. The van der Waals surface area contributed by atoms with Crippen LogP contribution in [-0.2, 0) is 11.2 Å². The molecule has 2 aromatic rings. The van der Waals surface area contributed by atoms with E-state index in [2.05, 4.69) is 10.3 Å². The summed E-state index contributed by atoms with van der Waals surface area (Å²) in [6.45, 7) is 1.90. The molecule has 0 fully saturated rings. The molecule has 2 rings (SSSR count). The Kier molecular flexibility index (Phi) is 4.90. The normalized spacial score (nSPS) is 13.4. The van der Waals surface area contributed by atoms with Crippen molar-refractivity contribution in [2.24, 2.45) is 5.73 Å². The van der Waals surface area contributed by atoms with Crippen LogP contribution in [0.5, 0.6) is 5.75 Å². The number of hydrogen-bond donors (Lipinski definition) is 3. The van der Waals surface area contributed by atoms with E-state index in [1.165, 1.54) is 0 Å². The molecule has 110 valence electrons. The van der Waals surface area contributed by atoms with E-state index in [1.807, 2.05) is 19.1 Å². The Labute approximate surface area is 123 Å². The predicted octanol–water partition coefficient (Wildman–Crippen LogP) is 1.53. The van der Waals surface area contributed by atoms with E-state index in [0.717, 1.165) is 11.1 Å². The molecule has 0 spiro atoms. The van der Waals surface area contributed by atoms with Gasteiger partial charge in [0.15, 0.2) is 0 Å². The zero-order valence-corrected chi connectivity index (χ0v) is 11.9. The standard InChI is InChI=1S/C16H19N3O2/c1-11(13-6-8-18-9-7-13)19-16(21)15(17)10-12-2-4-14(20)5-3-12/h2-9,11,15,20H,10,17H2,1H3,(H,19,21). The van der Waals surface area contributed by atoms with Crippen molar-refractivity contribution in [1.82, 2.24) is 10.3 Å². The first kappa shape index (κ1) is 15.0. The molecule has 2 atom stereocenters. The molecule has 1 aromatic heterocycles. The van der Waals surface area contributed by atoms with E-state index < -0.39 is 6.04 Å². The van der Waals surface area contributed by atoms with Crippen LogP contribution in [0.4, 0.5) is 0 Å². The Hall–Kier alpha value is -2.40. The second kappa shape index (κ2) is 6.85. The molecule has 1 amide bonds. The third kappa shape index (κ3) is 4.29. The summed E-state index contributed by atoms with van der Waals surface area (Å²) in [5, 5.41) is 12.1. The van der Waals surface area contributed by atoms with Crippen LogP contribution in [0.3, 0.4) is 0 Å². The number of carbonyl (C=O) groups excluding carboxylic acids is 1. The monoisotopic (exact) mass is 285 g/mol. The van der Waals surface area contributed by atoms with Gasteiger partial charge in [-0.3, -0.25) is 9.78 Å². The summed E-state index contributed by atoms with van der Waals surface area (Å²) >= 11 is 0. The molecule has 0 saturated heterocycles. The third-order valence-electron chi connectivity index (χ3n) is 3.29. The van der Waals surface area contributed by atoms with Gasteiger partial charge in [-0.25, -0.2) is 0 Å². The molecule has 0 aliphatic heterocycles. The molecule has 0 bridgehead atoms. The molecule has 1 aromatic carbocycles. The second-order valence-electron chi connectivity index (χ2n) is 4.99. The summed E-state index contributed by atoms with van der Waals surface area (Å²) in [5.74, 6) is -0.00419. The van der Waals surface area contributed by atoms with Crippen LogP contribution in [0.1, 0.15) is 24.1 Å². The maximum atomic E-state index is 12.1. The summed E-state index contributed by atoms with van der Waals surface area (Å²) in [4.78, 5) is 16.0. The van der Waals surface area contributed by atoms with Gasteiger partial charge in [0.05, 0.1) is 12.1 Å². The summed E-state index contributed by atoms with van der Waals surface area (Å²) < 4.78 is 0. The summed E-state index contributed by atoms with van der Waals surface area (Å²) in [5.41, 5.74) is 7.82. The summed E-state index contributed by atoms with van der Waals surface area (Å²) in [7, 11) is 0. The molecular formula is C16H19N3O2. The number of benzene rings is 1. The molecule has 21 heavy (non-hydrogen) atoms. The Morgan fingerprint density at radius 1 is 1.24 bits per heavy atom. The number of hydrogen-bond acceptors (Lipinski definition) is 4. The van der Waals surface area contributed by atoms with Crippen molar-refractivity contribution in [3.63, 3.8) is 0 Å². The molecule has 0 radical (unpaired) electrons. The first-order valence-corrected chi connectivity index (χ1v) is 6.80. The highest BCUT2D eigenvalue weighted by atomic mass is 16.3. The van der Waals surface area contributed by atoms with Crippen molar-refractivity contribution in [2.45, 2.75) is 25.4 Å². The van der Waals surface area contributed by atoms with Crippen molar-refractivity contribution in [3.05, 3.63) is 59.9 Å². The van der Waals surface area contributed by atoms with Crippen molar-refractivity contribution < 1.29 is 9.90 Å². The molecule has 1 heterocycles. The fourth-order valence-corrected chi connectivity index (χ4v) is 2.03. The Morgan fingerprint density at radius 2 is 1.86 bits per heavy atom. The number of phenolic OH excluding ortho intramolecular Hbond substituents is 1. The number of nitrogens with zero attached hydrogens (tertiary/aromatic N) is 1. The lowest BCUT2D eigenvalue weighted by Crippen LogP contribution is -2.42. The smallest absolute Gasteiger partial charge is 0.237 e. The van der Waals surface area contributed by atoms with E-state index in [9.17, 15) is 9.90 Å². The first-order chi connectivity index (χ1) is 10.1. The highest BCUT2D eigenvalue weighted by Gasteiger charge is 2.17. The lowest BCUT2D eigenvalue weighted by atomic mass is 10.0. The maximum Gasteiger partial charge on any atom is 0.237 e. The second-order valence-corrected chi connectivity index (χ2v) is 4.99. The van der Waals surface area contributed by atoms with Gasteiger partial charge in [-0.2, -0.15) is 0 Å². The van der Waals surface area contributed by atoms with Crippen LogP contribution in [0.25, 0.3) is 0 Å². The molecule has 5 heteroatoms. The van der Waals surface area contributed by atoms with Crippen LogP contribution >= 0.6 is 0 Å². The topological polar surface area (TPSA) is 88.2 Å². The highest BCUT2D eigenvalue weighted by Crippen LogP contribution is 2.13. The van der Waals surface area contributed by atoms with Crippen LogP contribution in [0, 0.1) is 0 Å². The van der Waals surface area contributed by atoms with Gasteiger partial charge < -0.3 is 16.2 Å². The first-order valence-electron chi connectivity index (χ1n) is 6.80. The average molecular weight is 285 g/mol. The van der Waals surface area contributed by atoms with Crippen LogP contribution in [-0.4, -0.2) is 22.0 Å². The number of nitrogens with two attached hydrogens (primary N) is 1. The van der Waals surface area contributed by atoms with E-state index in [4.69, 9.17) is 5.73 Å². The zero-order chi connectivity index (χ0) is 15.2. The van der Waals surface area contributed by atoms with Crippen molar-refractivity contribution >= 4 is 5.91 Å². The minimum Gasteiger partial charge on any atom is -0.508 e. The van der Waals surface area contributed by atoms with E-state index >= 15 is 0 Å². The Bertz CT molecular complexity index is 584. The molecule has 0 aliphatic rings. The molecule has 2 unspecified atom stereocenters. The highest BCUT2D eigenvalue weighted by molar-refractivity contribution is 5.82. The number of carbonyl (C=O) groups is 1. The van der Waals surface area contributed by atoms with Gasteiger partial charge in [-0.05, 0) is 48.7 Å². The van der Waals surface area contributed by atoms with Gasteiger partial charge in [0.25, 0.3) is 0 Å². The van der Waals surface area contributed by atoms with Crippen molar-refractivity contribution in [1.29, 1.82) is 0 Å². The average Bonchev–Trinajstić information content (AvgIpc) is 2.50. The number of pyridine rings is 1. The van der Waals surface area contributed by atoms with Crippen molar-refractivity contribution in [2.75, 3.05) is 0 Å².